The van der Waals surface area contributed by atoms with E-state index in [2.05, 4.69) is 41.5 Å². The molecule has 1 saturated carbocycles. The van der Waals surface area contributed by atoms with Crippen LogP contribution in [0.4, 0.5) is 0 Å². The topological polar surface area (TPSA) is 0 Å². The maximum absolute atomic E-state index is 2.45. The van der Waals surface area contributed by atoms with Gasteiger partial charge in [0.15, 0.2) is 0 Å². The van der Waals surface area contributed by atoms with Crippen molar-refractivity contribution in [2.75, 3.05) is 0 Å². The van der Waals surface area contributed by atoms with Crippen molar-refractivity contribution in [1.82, 2.24) is 0 Å². The molecule has 174 valence electrons. The molecular weight excluding hydrogens is 562 g/mol. The van der Waals surface area contributed by atoms with Gasteiger partial charge in [0.25, 0.3) is 0 Å². The van der Waals surface area contributed by atoms with Crippen LogP contribution in [0, 0.1) is 0 Å². The summed E-state index contributed by atoms with van der Waals surface area (Å²) >= 11 is -3.97. The Morgan fingerprint density at radius 1 is 0.414 bits per heavy atom. The molecule has 0 aromatic carbocycles. The minimum absolute atomic E-state index is 1.36. The Kier molecular flexibility index (Phi) is 16.0. The van der Waals surface area contributed by atoms with Gasteiger partial charge < -0.3 is 0 Å². The maximum atomic E-state index is 2.45. The van der Waals surface area contributed by atoms with E-state index in [1.54, 1.807) is 71.6 Å². The Balaban J connectivity index is 3.11. The third-order valence-electron chi connectivity index (χ3n) is 8.53. The third-order valence-corrected chi connectivity index (χ3v) is 47.0. The van der Waals surface area contributed by atoms with E-state index in [0.29, 0.717) is 0 Å². The number of hydrogen-bond acceptors (Lipinski definition) is 0. The monoisotopic (exact) mass is 622 g/mol. The zero-order chi connectivity index (χ0) is 21.6. The van der Waals surface area contributed by atoms with Crippen LogP contribution in [0.1, 0.15) is 125 Å². The normalized spacial score (nSPS) is 19.7. The molecular formula is C27H58Sn2. The molecule has 0 N–H and O–H groups in total. The van der Waals surface area contributed by atoms with Gasteiger partial charge in [0.1, 0.15) is 0 Å². The molecule has 0 nitrogen and oxygen atoms in total. The zero-order valence-electron chi connectivity index (χ0n) is 21.6. The Hall–Kier alpha value is 1.60. The molecule has 0 aliphatic heterocycles. The van der Waals surface area contributed by atoms with Crippen LogP contribution in [0.2, 0.25) is 34.5 Å². The Morgan fingerprint density at radius 2 is 0.621 bits per heavy atom. The summed E-state index contributed by atoms with van der Waals surface area (Å²) in [5.41, 5.74) is 0. The number of hydrogen-bond donors (Lipinski definition) is 0. The molecule has 0 aromatic rings. The summed E-state index contributed by atoms with van der Waals surface area (Å²) in [5, 5.41) is 0. The van der Waals surface area contributed by atoms with Crippen LogP contribution in [0.5, 0.6) is 0 Å². The molecule has 0 radical (unpaired) electrons. The van der Waals surface area contributed by atoms with E-state index < -0.39 is 36.8 Å². The molecule has 0 spiro atoms. The van der Waals surface area contributed by atoms with Crippen molar-refractivity contribution in [3.63, 3.8) is 0 Å². The first-order chi connectivity index (χ1) is 14.1. The average molecular weight is 620 g/mol. The summed E-state index contributed by atoms with van der Waals surface area (Å²) in [6, 6.07) is 0. The average Bonchev–Trinajstić information content (AvgIpc) is 3.55. The molecule has 2 unspecified atom stereocenters. The van der Waals surface area contributed by atoms with Gasteiger partial charge in [-0.3, -0.25) is 0 Å². The first-order valence-corrected chi connectivity index (χ1v) is 29.5. The second kappa shape index (κ2) is 16.2. The summed E-state index contributed by atoms with van der Waals surface area (Å²) in [6.45, 7) is 14.7. The van der Waals surface area contributed by atoms with E-state index in [4.69, 9.17) is 0 Å². The molecule has 1 aliphatic rings. The van der Waals surface area contributed by atoms with Crippen LogP contribution in [0.3, 0.4) is 0 Å². The SMILES string of the molecule is CCC[CH2][Sn]([CH2]CCC)([CH2]CCC)[CH]1C[CH]1[Sn]([CH2]CCC)([CH2]CCC)[CH2]CCC. The van der Waals surface area contributed by atoms with Crippen LogP contribution < -0.4 is 0 Å². The van der Waals surface area contributed by atoms with Crippen LogP contribution in [-0.2, 0) is 0 Å². The molecule has 1 fully saturated rings. The van der Waals surface area contributed by atoms with Crippen molar-refractivity contribution in [3.8, 4) is 0 Å². The van der Waals surface area contributed by atoms with E-state index in [9.17, 15) is 0 Å². The van der Waals surface area contributed by atoms with Crippen molar-refractivity contribution in [3.05, 3.63) is 0 Å². The summed E-state index contributed by atoms with van der Waals surface area (Å²) in [4.78, 5) is 0. The van der Waals surface area contributed by atoms with Crippen LogP contribution in [0.15, 0.2) is 0 Å². The molecule has 0 bridgehead atoms. The fourth-order valence-electron chi connectivity index (χ4n) is 6.58. The Morgan fingerprint density at radius 3 is 0.793 bits per heavy atom. The van der Waals surface area contributed by atoms with Gasteiger partial charge in [0.2, 0.25) is 0 Å². The van der Waals surface area contributed by atoms with E-state index >= 15 is 0 Å². The quantitative estimate of drug-likeness (QED) is 0.119. The van der Waals surface area contributed by atoms with Gasteiger partial charge in [0, 0.05) is 0 Å². The summed E-state index contributed by atoms with van der Waals surface area (Å²) in [7, 11) is 0. The first kappa shape index (κ1) is 28.6. The van der Waals surface area contributed by atoms with Gasteiger partial charge in [-0.2, -0.15) is 0 Å². The molecule has 0 amide bonds. The van der Waals surface area contributed by atoms with E-state index in [-0.39, 0.29) is 0 Å². The zero-order valence-corrected chi connectivity index (χ0v) is 27.3. The van der Waals surface area contributed by atoms with Gasteiger partial charge in [0.05, 0.1) is 0 Å². The molecule has 0 aromatic heterocycles. The van der Waals surface area contributed by atoms with E-state index in [0.717, 1.165) is 0 Å². The van der Waals surface area contributed by atoms with Gasteiger partial charge >= 0.3 is 196 Å². The molecule has 0 saturated heterocycles. The van der Waals surface area contributed by atoms with Crippen molar-refractivity contribution in [1.29, 1.82) is 0 Å². The predicted octanol–water partition coefficient (Wildman–Crippen LogP) is 10.8. The number of rotatable bonds is 20. The van der Waals surface area contributed by atoms with Gasteiger partial charge in [-0.25, -0.2) is 0 Å². The summed E-state index contributed by atoms with van der Waals surface area (Å²) in [6.07, 6.45) is 19.9. The summed E-state index contributed by atoms with van der Waals surface area (Å²) in [5.74, 6) is 0. The van der Waals surface area contributed by atoms with Crippen LogP contribution >= 0.6 is 0 Å². The minimum atomic E-state index is -1.98. The van der Waals surface area contributed by atoms with Gasteiger partial charge in [-0.15, -0.1) is 0 Å². The Bertz CT molecular complexity index is 312. The second-order valence-electron chi connectivity index (χ2n) is 10.8. The third kappa shape index (κ3) is 9.16. The molecule has 1 aliphatic carbocycles. The van der Waals surface area contributed by atoms with Gasteiger partial charge in [-0.1, -0.05) is 0 Å². The number of unbranched alkanes of at least 4 members (excludes halogenated alkanes) is 6. The van der Waals surface area contributed by atoms with Crippen molar-refractivity contribution in [2.45, 2.75) is 160 Å². The predicted molar refractivity (Wildman–Crippen MR) is 142 cm³/mol. The van der Waals surface area contributed by atoms with Crippen molar-refractivity contribution in [2.24, 2.45) is 0 Å². The van der Waals surface area contributed by atoms with E-state index in [1.807, 2.05) is 0 Å². The molecule has 0 heterocycles. The van der Waals surface area contributed by atoms with Crippen LogP contribution in [-0.4, -0.2) is 36.8 Å². The molecule has 2 atom stereocenters. The molecule has 1 rings (SSSR count). The van der Waals surface area contributed by atoms with E-state index in [1.165, 1.54) is 46.4 Å². The standard InChI is InChI=1S/6C4H9.C3H4.2Sn/c6*1-3-4-2;1-2-3-1;;/h6*1,3-4H2,2H3;1-2H,3H2;;. The van der Waals surface area contributed by atoms with Crippen molar-refractivity contribution >= 4 is 36.8 Å². The first-order valence-electron chi connectivity index (χ1n) is 14.1. The van der Waals surface area contributed by atoms with Crippen molar-refractivity contribution < 1.29 is 0 Å². The Labute approximate surface area is 194 Å². The fraction of sp³-hybridized carbons (Fsp3) is 1.00. The fourth-order valence-corrected chi connectivity index (χ4v) is 60.0. The summed E-state index contributed by atoms with van der Waals surface area (Å²) < 4.78 is 13.3. The van der Waals surface area contributed by atoms with Gasteiger partial charge in [-0.05, 0) is 0 Å². The molecule has 2 heteroatoms. The second-order valence-corrected chi connectivity index (χ2v) is 39.1. The molecule has 29 heavy (non-hydrogen) atoms. The van der Waals surface area contributed by atoms with Crippen LogP contribution in [0.25, 0.3) is 0 Å².